The molecule has 0 atom stereocenters. The Balaban J connectivity index is 1.55. The fourth-order valence-electron chi connectivity index (χ4n) is 3.85. The van der Waals surface area contributed by atoms with Gasteiger partial charge in [0.25, 0.3) is 0 Å². The van der Waals surface area contributed by atoms with Gasteiger partial charge in [0.1, 0.15) is 5.75 Å². The van der Waals surface area contributed by atoms with Crippen LogP contribution < -0.4 is 4.74 Å². The van der Waals surface area contributed by atoms with Gasteiger partial charge in [0.15, 0.2) is 20.8 Å². The standard InChI is InChI=1S/C22H24ClN3O3S2/c1-29-17-9-6-10-18(15-17)31(27,28)14-13-30-22-25-24-21(19-11-4-5-12-20(19)23)26(22)16-7-2-3-8-16/h4-6,9-12,15-16H,2-3,7-8,13-14H2,1H3. The molecule has 9 heteroatoms. The largest absolute Gasteiger partial charge is 0.497 e. The number of hydrogen-bond donors (Lipinski definition) is 0. The van der Waals surface area contributed by atoms with Crippen molar-refractivity contribution in [2.75, 3.05) is 18.6 Å². The second-order valence-corrected chi connectivity index (χ2v) is 11.0. The average Bonchev–Trinajstić information content (AvgIpc) is 3.44. The minimum atomic E-state index is -3.43. The summed E-state index contributed by atoms with van der Waals surface area (Å²) in [7, 11) is -1.90. The van der Waals surface area contributed by atoms with Gasteiger partial charge in [0.05, 0.1) is 22.8 Å². The van der Waals surface area contributed by atoms with Gasteiger partial charge in [-0.3, -0.25) is 4.57 Å². The van der Waals surface area contributed by atoms with Crippen LogP contribution in [0.4, 0.5) is 0 Å². The summed E-state index contributed by atoms with van der Waals surface area (Å²) in [6.45, 7) is 0. The van der Waals surface area contributed by atoms with E-state index in [1.165, 1.54) is 31.7 Å². The molecule has 4 rings (SSSR count). The highest BCUT2D eigenvalue weighted by atomic mass is 35.5. The van der Waals surface area contributed by atoms with Crippen LogP contribution in [0.3, 0.4) is 0 Å². The first-order chi connectivity index (χ1) is 15.0. The van der Waals surface area contributed by atoms with E-state index in [1.807, 2.05) is 24.3 Å². The van der Waals surface area contributed by atoms with Crippen molar-refractivity contribution in [1.29, 1.82) is 0 Å². The van der Waals surface area contributed by atoms with Crippen LogP contribution in [0.15, 0.2) is 58.6 Å². The minimum absolute atomic E-state index is 0.00376. The molecule has 6 nitrogen and oxygen atoms in total. The van der Waals surface area contributed by atoms with Gasteiger partial charge in [-0.15, -0.1) is 10.2 Å². The van der Waals surface area contributed by atoms with Crippen LogP contribution in [-0.4, -0.2) is 41.8 Å². The Kier molecular flexibility index (Phi) is 6.89. The Bertz CT molecular complexity index is 1160. The van der Waals surface area contributed by atoms with Crippen molar-refractivity contribution in [1.82, 2.24) is 14.8 Å². The van der Waals surface area contributed by atoms with Crippen molar-refractivity contribution in [3.63, 3.8) is 0 Å². The van der Waals surface area contributed by atoms with Crippen LogP contribution in [0.5, 0.6) is 5.75 Å². The molecule has 0 N–H and O–H groups in total. The molecule has 0 amide bonds. The second-order valence-electron chi connectivity index (χ2n) is 7.44. The SMILES string of the molecule is COc1cccc(S(=O)(=O)CCSc2nnc(-c3ccccc3Cl)n2C2CCCC2)c1. The Morgan fingerprint density at radius 2 is 1.90 bits per heavy atom. The van der Waals surface area contributed by atoms with Crippen molar-refractivity contribution in [2.45, 2.75) is 41.8 Å². The number of thioether (sulfide) groups is 1. The summed E-state index contributed by atoms with van der Waals surface area (Å²) in [4.78, 5) is 0.265. The molecule has 1 aromatic heterocycles. The normalized spacial score (nSPS) is 14.8. The predicted octanol–water partition coefficient (Wildman–Crippen LogP) is 5.29. The molecular formula is C22H24ClN3O3S2. The lowest BCUT2D eigenvalue weighted by atomic mass is 10.2. The highest BCUT2D eigenvalue weighted by molar-refractivity contribution is 8.00. The van der Waals surface area contributed by atoms with Gasteiger partial charge >= 0.3 is 0 Å². The molecule has 1 aliphatic rings. The lowest BCUT2D eigenvalue weighted by Gasteiger charge is -2.17. The van der Waals surface area contributed by atoms with Gasteiger partial charge in [-0.25, -0.2) is 8.42 Å². The summed E-state index contributed by atoms with van der Waals surface area (Å²) in [5.41, 5.74) is 0.847. The lowest BCUT2D eigenvalue weighted by molar-refractivity contribution is 0.413. The number of rotatable bonds is 8. The summed E-state index contributed by atoms with van der Waals surface area (Å²) < 4.78 is 32.8. The monoisotopic (exact) mass is 477 g/mol. The molecule has 0 bridgehead atoms. The van der Waals surface area contributed by atoms with E-state index in [9.17, 15) is 8.42 Å². The molecule has 2 aromatic carbocycles. The van der Waals surface area contributed by atoms with Gasteiger partial charge in [-0.2, -0.15) is 0 Å². The number of methoxy groups -OCH3 is 1. The Labute approximate surface area is 191 Å². The zero-order valence-corrected chi connectivity index (χ0v) is 19.6. The minimum Gasteiger partial charge on any atom is -0.497 e. The van der Waals surface area contributed by atoms with Crippen molar-refractivity contribution in [3.8, 4) is 17.1 Å². The van der Waals surface area contributed by atoms with Crippen LogP contribution in [0.1, 0.15) is 31.7 Å². The maximum atomic E-state index is 12.8. The van der Waals surface area contributed by atoms with Gasteiger partial charge in [0, 0.05) is 17.4 Å². The van der Waals surface area contributed by atoms with E-state index in [-0.39, 0.29) is 10.6 Å². The molecule has 0 saturated heterocycles. The van der Waals surface area contributed by atoms with Crippen LogP contribution in [-0.2, 0) is 9.84 Å². The van der Waals surface area contributed by atoms with E-state index in [0.29, 0.717) is 22.6 Å². The van der Waals surface area contributed by atoms with E-state index < -0.39 is 9.84 Å². The molecule has 1 saturated carbocycles. The van der Waals surface area contributed by atoms with Crippen LogP contribution >= 0.6 is 23.4 Å². The zero-order chi connectivity index (χ0) is 21.8. The van der Waals surface area contributed by atoms with Crippen LogP contribution in [0.2, 0.25) is 5.02 Å². The number of nitrogens with zero attached hydrogens (tertiary/aromatic N) is 3. The number of benzene rings is 2. The van der Waals surface area contributed by atoms with Crippen LogP contribution in [0, 0.1) is 0 Å². The van der Waals surface area contributed by atoms with Crippen molar-refractivity contribution < 1.29 is 13.2 Å². The number of halogens is 1. The quantitative estimate of drug-likeness (QED) is 0.410. The molecule has 3 aromatic rings. The Morgan fingerprint density at radius 1 is 1.13 bits per heavy atom. The van der Waals surface area contributed by atoms with Gasteiger partial charge in [-0.05, 0) is 43.2 Å². The van der Waals surface area contributed by atoms with E-state index in [0.717, 1.165) is 29.4 Å². The average molecular weight is 478 g/mol. The van der Waals surface area contributed by atoms with E-state index in [1.54, 1.807) is 24.3 Å². The Morgan fingerprint density at radius 3 is 2.65 bits per heavy atom. The molecule has 1 fully saturated rings. The van der Waals surface area contributed by atoms with Crippen molar-refractivity contribution in [3.05, 3.63) is 53.6 Å². The first-order valence-corrected chi connectivity index (χ1v) is 13.2. The van der Waals surface area contributed by atoms with Gasteiger partial charge < -0.3 is 4.74 Å². The highest BCUT2D eigenvalue weighted by Crippen LogP contribution is 2.38. The molecule has 0 unspecified atom stereocenters. The maximum Gasteiger partial charge on any atom is 0.191 e. The molecule has 0 radical (unpaired) electrons. The predicted molar refractivity (Wildman–Crippen MR) is 124 cm³/mol. The fraction of sp³-hybridized carbons (Fsp3) is 0.364. The smallest absolute Gasteiger partial charge is 0.191 e. The molecular weight excluding hydrogens is 454 g/mol. The van der Waals surface area contributed by atoms with Gasteiger partial charge in [0.2, 0.25) is 0 Å². The third-order valence-corrected chi connectivity index (χ3v) is 8.70. The molecule has 1 aliphatic carbocycles. The summed E-state index contributed by atoms with van der Waals surface area (Å²) in [6.07, 6.45) is 4.45. The van der Waals surface area contributed by atoms with E-state index in [2.05, 4.69) is 14.8 Å². The summed E-state index contributed by atoms with van der Waals surface area (Å²) >= 11 is 7.85. The molecule has 31 heavy (non-hydrogen) atoms. The summed E-state index contributed by atoms with van der Waals surface area (Å²) in [5, 5.41) is 10.2. The fourth-order valence-corrected chi connectivity index (χ4v) is 6.75. The van der Waals surface area contributed by atoms with Crippen molar-refractivity contribution >= 4 is 33.2 Å². The first-order valence-electron chi connectivity index (χ1n) is 10.2. The van der Waals surface area contributed by atoms with Crippen molar-refractivity contribution in [2.24, 2.45) is 0 Å². The third kappa shape index (κ3) is 4.91. The zero-order valence-electron chi connectivity index (χ0n) is 17.2. The summed E-state index contributed by atoms with van der Waals surface area (Å²) in [5.74, 6) is 1.66. The summed E-state index contributed by atoms with van der Waals surface area (Å²) in [6, 6.07) is 14.5. The lowest BCUT2D eigenvalue weighted by Crippen LogP contribution is -2.11. The number of ether oxygens (including phenoxy) is 1. The molecule has 0 spiro atoms. The Hall–Kier alpha value is -2.03. The molecule has 0 aliphatic heterocycles. The third-order valence-electron chi connectivity index (χ3n) is 5.45. The van der Waals surface area contributed by atoms with E-state index in [4.69, 9.17) is 16.3 Å². The second kappa shape index (κ2) is 9.63. The van der Waals surface area contributed by atoms with Gasteiger partial charge in [-0.1, -0.05) is 54.4 Å². The number of hydrogen-bond acceptors (Lipinski definition) is 6. The number of sulfone groups is 1. The maximum absolute atomic E-state index is 12.8. The topological polar surface area (TPSA) is 74.1 Å². The molecule has 1 heterocycles. The van der Waals surface area contributed by atoms with Crippen LogP contribution in [0.25, 0.3) is 11.4 Å². The van der Waals surface area contributed by atoms with E-state index >= 15 is 0 Å². The number of aromatic nitrogens is 3. The molecule has 164 valence electrons. The highest BCUT2D eigenvalue weighted by Gasteiger charge is 2.26. The first kappa shape index (κ1) is 22.2.